The molecule has 1 aromatic carbocycles. The minimum atomic E-state index is 0.114. The molecule has 0 bridgehead atoms. The lowest BCUT2D eigenvalue weighted by Gasteiger charge is -2.11. The monoisotopic (exact) mass is 249 g/mol. The van der Waals surface area contributed by atoms with Crippen molar-refractivity contribution in [1.29, 1.82) is 0 Å². The molecule has 0 aliphatic heterocycles. The van der Waals surface area contributed by atoms with Crippen LogP contribution in [0.1, 0.15) is 38.2 Å². The normalized spacial score (nSPS) is 12.1. The summed E-state index contributed by atoms with van der Waals surface area (Å²) < 4.78 is 5.21. The summed E-state index contributed by atoms with van der Waals surface area (Å²) in [6.07, 6.45) is 1.41. The molecule has 0 heterocycles. The van der Waals surface area contributed by atoms with Gasteiger partial charge >= 0.3 is 0 Å². The van der Waals surface area contributed by atoms with E-state index in [0.29, 0.717) is 19.6 Å². The maximum atomic E-state index is 11.7. The Morgan fingerprint density at radius 2 is 2.06 bits per heavy atom. The summed E-state index contributed by atoms with van der Waals surface area (Å²) in [5.41, 5.74) is 1.21. The molecule has 0 saturated heterocycles. The van der Waals surface area contributed by atoms with Crippen LogP contribution in [0, 0.1) is 0 Å². The summed E-state index contributed by atoms with van der Waals surface area (Å²) in [4.78, 5) is 11.7. The molecule has 0 saturated carbocycles. The smallest absolute Gasteiger partial charge is 0.220 e. The van der Waals surface area contributed by atoms with E-state index >= 15 is 0 Å². The van der Waals surface area contributed by atoms with Crippen molar-refractivity contribution in [2.24, 2.45) is 0 Å². The molecule has 1 aromatic rings. The summed E-state index contributed by atoms with van der Waals surface area (Å²) in [5, 5.41) is 2.92. The molecule has 1 N–H and O–H groups in total. The van der Waals surface area contributed by atoms with E-state index in [0.717, 1.165) is 13.0 Å². The first-order valence-corrected chi connectivity index (χ1v) is 6.63. The molecular formula is C15H23NO2. The third-order valence-electron chi connectivity index (χ3n) is 2.85. The summed E-state index contributed by atoms with van der Waals surface area (Å²) >= 11 is 0. The maximum absolute atomic E-state index is 11.7. The molecule has 0 fully saturated rings. The van der Waals surface area contributed by atoms with Crippen molar-refractivity contribution >= 4 is 5.91 Å². The van der Waals surface area contributed by atoms with E-state index in [1.807, 2.05) is 25.1 Å². The molecule has 0 spiro atoms. The minimum Gasteiger partial charge on any atom is -0.382 e. The Bertz CT molecular complexity index is 338. The summed E-state index contributed by atoms with van der Waals surface area (Å²) in [5.74, 6) is 0.376. The number of nitrogens with one attached hydrogen (secondary N) is 1. The topological polar surface area (TPSA) is 38.3 Å². The average Bonchev–Trinajstić information content (AvgIpc) is 2.39. The van der Waals surface area contributed by atoms with Crippen molar-refractivity contribution < 1.29 is 9.53 Å². The lowest BCUT2D eigenvalue weighted by Crippen LogP contribution is -2.26. The van der Waals surface area contributed by atoms with Gasteiger partial charge in [0.15, 0.2) is 0 Å². The van der Waals surface area contributed by atoms with Crippen molar-refractivity contribution in [2.45, 2.75) is 32.6 Å². The Hall–Kier alpha value is -1.35. The van der Waals surface area contributed by atoms with E-state index in [9.17, 15) is 4.79 Å². The molecule has 0 aromatic heterocycles. The maximum Gasteiger partial charge on any atom is 0.220 e. The first kappa shape index (κ1) is 14.7. The van der Waals surface area contributed by atoms with Crippen LogP contribution in [0.25, 0.3) is 0 Å². The van der Waals surface area contributed by atoms with Gasteiger partial charge in [0.25, 0.3) is 0 Å². The molecule has 0 aliphatic carbocycles. The fourth-order valence-electron chi connectivity index (χ4n) is 1.80. The number of amides is 1. The van der Waals surface area contributed by atoms with Crippen LogP contribution in [-0.2, 0) is 9.53 Å². The molecule has 0 aliphatic rings. The van der Waals surface area contributed by atoms with Crippen LogP contribution < -0.4 is 5.32 Å². The van der Waals surface area contributed by atoms with Gasteiger partial charge in [-0.25, -0.2) is 0 Å². The number of carbonyl (C=O) groups is 1. The van der Waals surface area contributed by atoms with Crippen LogP contribution >= 0.6 is 0 Å². The molecule has 1 amide bonds. The summed E-state index contributed by atoms with van der Waals surface area (Å²) in [6.45, 7) is 6.19. The van der Waals surface area contributed by atoms with E-state index in [1.54, 1.807) is 0 Å². The molecule has 18 heavy (non-hydrogen) atoms. The second kappa shape index (κ2) is 8.70. The van der Waals surface area contributed by atoms with Crippen LogP contribution in [0.3, 0.4) is 0 Å². The van der Waals surface area contributed by atoms with Gasteiger partial charge in [-0.2, -0.15) is 0 Å². The molecule has 1 rings (SSSR count). The van der Waals surface area contributed by atoms with Gasteiger partial charge in [0, 0.05) is 26.2 Å². The van der Waals surface area contributed by atoms with Gasteiger partial charge in [0.05, 0.1) is 0 Å². The fraction of sp³-hybridized carbons (Fsp3) is 0.533. The zero-order chi connectivity index (χ0) is 13.2. The zero-order valence-corrected chi connectivity index (χ0v) is 11.3. The largest absolute Gasteiger partial charge is 0.382 e. The Labute approximate surface area is 110 Å². The van der Waals surface area contributed by atoms with Crippen molar-refractivity contribution in [3.05, 3.63) is 35.9 Å². The number of rotatable bonds is 8. The highest BCUT2D eigenvalue weighted by molar-refractivity contribution is 5.76. The third kappa shape index (κ3) is 5.82. The highest BCUT2D eigenvalue weighted by atomic mass is 16.5. The van der Waals surface area contributed by atoms with Gasteiger partial charge in [-0.1, -0.05) is 37.3 Å². The second-order valence-electron chi connectivity index (χ2n) is 4.42. The van der Waals surface area contributed by atoms with E-state index < -0.39 is 0 Å². The molecule has 3 heteroatoms. The predicted octanol–water partition coefficient (Wildman–Crippen LogP) is 2.72. The SMILES string of the molecule is CCOCCCNC(=O)CC(C)c1ccccc1. The van der Waals surface area contributed by atoms with Gasteiger partial charge in [0.1, 0.15) is 0 Å². The molecule has 0 radical (unpaired) electrons. The van der Waals surface area contributed by atoms with Crippen molar-refractivity contribution in [1.82, 2.24) is 5.32 Å². The third-order valence-corrected chi connectivity index (χ3v) is 2.85. The lowest BCUT2D eigenvalue weighted by atomic mass is 9.98. The Kier molecular flexibility index (Phi) is 7.11. The minimum absolute atomic E-state index is 0.114. The molecule has 1 unspecified atom stereocenters. The average molecular weight is 249 g/mol. The van der Waals surface area contributed by atoms with E-state index in [4.69, 9.17) is 4.74 Å². The Morgan fingerprint density at radius 3 is 2.72 bits per heavy atom. The van der Waals surface area contributed by atoms with Crippen LogP contribution in [0.2, 0.25) is 0 Å². The lowest BCUT2D eigenvalue weighted by molar-refractivity contribution is -0.121. The van der Waals surface area contributed by atoms with Gasteiger partial charge in [-0.3, -0.25) is 4.79 Å². The highest BCUT2D eigenvalue weighted by Gasteiger charge is 2.10. The van der Waals surface area contributed by atoms with E-state index in [-0.39, 0.29) is 11.8 Å². The van der Waals surface area contributed by atoms with Crippen molar-refractivity contribution in [3.63, 3.8) is 0 Å². The van der Waals surface area contributed by atoms with Gasteiger partial charge < -0.3 is 10.1 Å². The van der Waals surface area contributed by atoms with Gasteiger partial charge in [0.2, 0.25) is 5.91 Å². The van der Waals surface area contributed by atoms with Crippen molar-refractivity contribution in [2.75, 3.05) is 19.8 Å². The molecule has 1 atom stereocenters. The van der Waals surface area contributed by atoms with Crippen LogP contribution in [0.4, 0.5) is 0 Å². The van der Waals surface area contributed by atoms with Crippen LogP contribution in [0.15, 0.2) is 30.3 Å². The van der Waals surface area contributed by atoms with E-state index in [2.05, 4.69) is 24.4 Å². The van der Waals surface area contributed by atoms with Crippen LogP contribution in [0.5, 0.6) is 0 Å². The summed E-state index contributed by atoms with van der Waals surface area (Å²) in [7, 11) is 0. The number of hydrogen-bond acceptors (Lipinski definition) is 2. The number of carbonyl (C=O) groups excluding carboxylic acids is 1. The molecule has 3 nitrogen and oxygen atoms in total. The predicted molar refractivity (Wildman–Crippen MR) is 73.6 cm³/mol. The quantitative estimate of drug-likeness (QED) is 0.719. The number of ether oxygens (including phenoxy) is 1. The van der Waals surface area contributed by atoms with Crippen molar-refractivity contribution in [3.8, 4) is 0 Å². The van der Waals surface area contributed by atoms with Crippen LogP contribution in [-0.4, -0.2) is 25.7 Å². The van der Waals surface area contributed by atoms with Gasteiger partial charge in [-0.05, 0) is 24.8 Å². The second-order valence-corrected chi connectivity index (χ2v) is 4.42. The Morgan fingerprint density at radius 1 is 1.33 bits per heavy atom. The highest BCUT2D eigenvalue weighted by Crippen LogP contribution is 2.17. The van der Waals surface area contributed by atoms with E-state index in [1.165, 1.54) is 5.56 Å². The first-order valence-electron chi connectivity index (χ1n) is 6.63. The number of benzene rings is 1. The standard InChI is InChI=1S/C15H23NO2/c1-3-18-11-7-10-16-15(17)12-13(2)14-8-5-4-6-9-14/h4-6,8-9,13H,3,7,10-12H2,1-2H3,(H,16,17). The molecular weight excluding hydrogens is 226 g/mol. The summed E-state index contributed by atoms with van der Waals surface area (Å²) in [6, 6.07) is 10.1. The first-order chi connectivity index (χ1) is 8.74. The Balaban J connectivity index is 2.20. The molecule has 100 valence electrons. The zero-order valence-electron chi connectivity index (χ0n) is 11.3. The van der Waals surface area contributed by atoms with Gasteiger partial charge in [-0.15, -0.1) is 0 Å². The number of hydrogen-bond donors (Lipinski definition) is 1. The fourth-order valence-corrected chi connectivity index (χ4v) is 1.80.